The minimum atomic E-state index is -2.78. The highest BCUT2D eigenvalue weighted by Crippen LogP contribution is 2.23. The highest BCUT2D eigenvalue weighted by Gasteiger charge is 2.19. The zero-order valence-electron chi connectivity index (χ0n) is 11.4. The molecule has 2 rings (SSSR count). The average molecular weight is 310 g/mol. The van der Waals surface area contributed by atoms with Crippen molar-refractivity contribution in [2.75, 3.05) is 6.54 Å². The molecule has 0 atom stereocenters. The maximum atomic E-state index is 12.6. The molecule has 0 saturated heterocycles. The van der Waals surface area contributed by atoms with E-state index in [1.807, 2.05) is 0 Å². The molecule has 0 aliphatic heterocycles. The summed E-state index contributed by atoms with van der Waals surface area (Å²) in [5, 5.41) is 0.640. The molecule has 110 valence electrons. The first kappa shape index (κ1) is 15.4. The third-order valence-electron chi connectivity index (χ3n) is 2.54. The van der Waals surface area contributed by atoms with Crippen LogP contribution in [0.1, 0.15) is 12.5 Å². The minimum Gasteiger partial charge on any atom is -0.457 e. The van der Waals surface area contributed by atoms with Gasteiger partial charge in [0.15, 0.2) is 0 Å². The summed E-state index contributed by atoms with van der Waals surface area (Å²) in [4.78, 5) is 3.71. The molecule has 0 amide bonds. The first-order valence-electron chi connectivity index (χ1n) is 6.33. The zero-order valence-corrected chi connectivity index (χ0v) is 12.1. The Balaban J connectivity index is 1.97. The molecule has 0 aromatic heterocycles. The van der Waals surface area contributed by atoms with Crippen LogP contribution in [0.4, 0.5) is 8.78 Å². The van der Waals surface area contributed by atoms with Gasteiger partial charge in [0.25, 0.3) is 5.92 Å². The lowest BCUT2D eigenvalue weighted by molar-refractivity contribution is 0.0328. The van der Waals surface area contributed by atoms with Gasteiger partial charge in [-0.3, -0.25) is 4.99 Å². The van der Waals surface area contributed by atoms with E-state index < -0.39 is 12.5 Å². The van der Waals surface area contributed by atoms with E-state index in [0.29, 0.717) is 16.5 Å². The maximum absolute atomic E-state index is 12.6. The number of alkyl halides is 2. The van der Waals surface area contributed by atoms with Gasteiger partial charge in [-0.25, -0.2) is 8.78 Å². The van der Waals surface area contributed by atoms with E-state index in [0.717, 1.165) is 12.5 Å². The standard InChI is InChI=1S/C16H14ClF2NO/c1-16(18,19)11-20-10-12-2-6-14(7-3-12)21-15-8-4-13(17)5-9-15/h2-10H,11H2,1H3/b20-10+. The Morgan fingerprint density at radius 1 is 1.05 bits per heavy atom. The lowest BCUT2D eigenvalue weighted by Gasteiger charge is -2.06. The van der Waals surface area contributed by atoms with Crippen LogP contribution in [-0.2, 0) is 0 Å². The van der Waals surface area contributed by atoms with Gasteiger partial charge in [0.2, 0.25) is 0 Å². The Hall–Kier alpha value is -1.94. The monoisotopic (exact) mass is 309 g/mol. The summed E-state index contributed by atoms with van der Waals surface area (Å²) in [6.07, 6.45) is 1.42. The van der Waals surface area contributed by atoms with Gasteiger partial charge in [-0.05, 0) is 54.1 Å². The smallest absolute Gasteiger partial charge is 0.264 e. The Kier molecular flexibility index (Phi) is 4.91. The van der Waals surface area contributed by atoms with Gasteiger partial charge in [-0.1, -0.05) is 11.6 Å². The van der Waals surface area contributed by atoms with Crippen molar-refractivity contribution in [3.8, 4) is 11.5 Å². The van der Waals surface area contributed by atoms with Crippen LogP contribution in [-0.4, -0.2) is 18.7 Å². The zero-order chi connectivity index (χ0) is 15.3. The van der Waals surface area contributed by atoms with Crippen LogP contribution in [0.25, 0.3) is 0 Å². The Bertz CT molecular complexity index is 604. The van der Waals surface area contributed by atoms with E-state index in [1.54, 1.807) is 48.5 Å². The van der Waals surface area contributed by atoms with E-state index in [4.69, 9.17) is 16.3 Å². The molecule has 2 nitrogen and oxygen atoms in total. The largest absolute Gasteiger partial charge is 0.457 e. The molecule has 0 spiro atoms. The van der Waals surface area contributed by atoms with Crippen molar-refractivity contribution in [3.63, 3.8) is 0 Å². The van der Waals surface area contributed by atoms with Crippen molar-refractivity contribution in [1.82, 2.24) is 0 Å². The molecule has 0 fully saturated rings. The molecule has 0 N–H and O–H groups in total. The van der Waals surface area contributed by atoms with Crippen molar-refractivity contribution in [2.24, 2.45) is 4.99 Å². The number of nitrogens with zero attached hydrogens (tertiary/aromatic N) is 1. The SMILES string of the molecule is CC(F)(F)C/N=C/c1ccc(Oc2ccc(Cl)cc2)cc1. The van der Waals surface area contributed by atoms with Crippen LogP contribution >= 0.6 is 11.6 Å². The third kappa shape index (κ3) is 5.52. The molecule has 21 heavy (non-hydrogen) atoms. The first-order valence-corrected chi connectivity index (χ1v) is 6.71. The van der Waals surface area contributed by atoms with Gasteiger partial charge in [0, 0.05) is 18.2 Å². The van der Waals surface area contributed by atoms with Gasteiger partial charge in [-0.2, -0.15) is 0 Å². The number of hydrogen-bond acceptors (Lipinski definition) is 2. The molecule has 0 aliphatic carbocycles. The summed E-state index contributed by atoms with van der Waals surface area (Å²) in [5.74, 6) is -1.46. The molecule has 2 aromatic rings. The van der Waals surface area contributed by atoms with E-state index in [2.05, 4.69) is 4.99 Å². The summed E-state index contributed by atoms with van der Waals surface area (Å²) < 4.78 is 30.9. The fourth-order valence-electron chi connectivity index (χ4n) is 1.57. The lowest BCUT2D eigenvalue weighted by Crippen LogP contribution is -2.13. The number of halogens is 3. The fourth-order valence-corrected chi connectivity index (χ4v) is 1.70. The molecule has 0 aliphatic rings. The van der Waals surface area contributed by atoms with Crippen LogP contribution in [0.3, 0.4) is 0 Å². The van der Waals surface area contributed by atoms with E-state index in [-0.39, 0.29) is 0 Å². The highest BCUT2D eigenvalue weighted by atomic mass is 35.5. The summed E-state index contributed by atoms with van der Waals surface area (Å²) >= 11 is 5.79. The summed E-state index contributed by atoms with van der Waals surface area (Å²) in [7, 11) is 0. The predicted octanol–water partition coefficient (Wildman–Crippen LogP) is 5.21. The molecule has 0 heterocycles. The highest BCUT2D eigenvalue weighted by molar-refractivity contribution is 6.30. The van der Waals surface area contributed by atoms with Crippen LogP contribution in [0.5, 0.6) is 11.5 Å². The summed E-state index contributed by atoms with van der Waals surface area (Å²) in [6.45, 7) is 0.323. The molecule has 0 radical (unpaired) electrons. The fraction of sp³-hybridized carbons (Fsp3) is 0.188. The summed E-state index contributed by atoms with van der Waals surface area (Å²) in [5.41, 5.74) is 0.739. The normalized spacial score (nSPS) is 11.8. The Morgan fingerprint density at radius 3 is 2.10 bits per heavy atom. The second-order valence-corrected chi connectivity index (χ2v) is 5.10. The van der Waals surface area contributed by atoms with Gasteiger partial charge < -0.3 is 4.74 Å². The molecule has 0 saturated carbocycles. The molecule has 5 heteroatoms. The van der Waals surface area contributed by atoms with Crippen molar-refractivity contribution in [3.05, 3.63) is 59.1 Å². The van der Waals surface area contributed by atoms with Crippen LogP contribution in [0.15, 0.2) is 53.5 Å². The topological polar surface area (TPSA) is 21.6 Å². The first-order chi connectivity index (χ1) is 9.92. The van der Waals surface area contributed by atoms with Crippen LogP contribution in [0.2, 0.25) is 5.02 Å². The molecular weight excluding hydrogens is 296 g/mol. The molecule has 2 aromatic carbocycles. The quantitative estimate of drug-likeness (QED) is 0.695. The minimum absolute atomic E-state index is 0.518. The third-order valence-corrected chi connectivity index (χ3v) is 2.79. The Labute approximate surface area is 127 Å². The van der Waals surface area contributed by atoms with Gasteiger partial charge in [0.05, 0.1) is 0 Å². The van der Waals surface area contributed by atoms with Crippen molar-refractivity contribution in [1.29, 1.82) is 0 Å². The van der Waals surface area contributed by atoms with Gasteiger partial charge in [0.1, 0.15) is 18.0 Å². The van der Waals surface area contributed by atoms with E-state index >= 15 is 0 Å². The second-order valence-electron chi connectivity index (χ2n) is 4.67. The second kappa shape index (κ2) is 6.68. The van der Waals surface area contributed by atoms with Crippen molar-refractivity contribution in [2.45, 2.75) is 12.8 Å². The van der Waals surface area contributed by atoms with Crippen LogP contribution in [0, 0.1) is 0 Å². The van der Waals surface area contributed by atoms with E-state index in [9.17, 15) is 8.78 Å². The number of benzene rings is 2. The molecular formula is C16H14ClF2NO. The molecule has 0 unspecified atom stereocenters. The lowest BCUT2D eigenvalue weighted by atomic mass is 10.2. The van der Waals surface area contributed by atoms with Crippen molar-refractivity contribution >= 4 is 17.8 Å². The van der Waals surface area contributed by atoms with Crippen LogP contribution < -0.4 is 4.74 Å². The average Bonchev–Trinajstić information content (AvgIpc) is 2.42. The number of rotatable bonds is 5. The van der Waals surface area contributed by atoms with Gasteiger partial charge in [-0.15, -0.1) is 0 Å². The van der Waals surface area contributed by atoms with Gasteiger partial charge >= 0.3 is 0 Å². The molecule has 0 bridgehead atoms. The number of hydrogen-bond donors (Lipinski definition) is 0. The van der Waals surface area contributed by atoms with E-state index in [1.165, 1.54) is 6.21 Å². The maximum Gasteiger partial charge on any atom is 0.264 e. The number of aliphatic imine (C=N–C) groups is 1. The Morgan fingerprint density at radius 2 is 1.57 bits per heavy atom. The predicted molar refractivity (Wildman–Crippen MR) is 81.1 cm³/mol. The number of ether oxygens (including phenoxy) is 1. The van der Waals surface area contributed by atoms with Crippen molar-refractivity contribution < 1.29 is 13.5 Å². The summed E-state index contributed by atoms with van der Waals surface area (Å²) in [6, 6.07) is 14.0.